The number of hydrogen-bond acceptors (Lipinski definition) is 3. The normalized spacial score (nSPS) is 10.9. The molecule has 0 aliphatic carbocycles. The smallest absolute Gasteiger partial charge is 0.158 e. The minimum atomic E-state index is 0.575. The zero-order valence-electron chi connectivity index (χ0n) is 11.8. The number of hydrogen-bond donors (Lipinski definition) is 1. The van der Waals surface area contributed by atoms with Crippen LogP contribution in [-0.2, 0) is 0 Å². The van der Waals surface area contributed by atoms with Crippen molar-refractivity contribution in [3.63, 3.8) is 0 Å². The van der Waals surface area contributed by atoms with Crippen molar-refractivity contribution < 1.29 is 0 Å². The quantitative estimate of drug-likeness (QED) is 0.612. The Morgan fingerprint density at radius 3 is 1.95 bits per heavy atom. The lowest BCUT2D eigenvalue weighted by atomic mass is 10.1. The molecule has 0 aliphatic rings. The van der Waals surface area contributed by atoms with Crippen LogP contribution in [0.25, 0.3) is 28.2 Å². The van der Waals surface area contributed by atoms with Crippen molar-refractivity contribution in [2.45, 2.75) is 0 Å². The second-order valence-electron chi connectivity index (χ2n) is 5.10. The van der Waals surface area contributed by atoms with Crippen LogP contribution < -0.4 is 5.73 Å². The van der Waals surface area contributed by atoms with Crippen LogP contribution in [0.2, 0.25) is 0 Å². The SMILES string of the molecule is Nc1cc(-c2ccccc2)nc2cc(-c3ccccc3)nn12. The Morgan fingerprint density at radius 2 is 1.32 bits per heavy atom. The Labute approximate surface area is 127 Å². The number of nitrogens with two attached hydrogens (primary N) is 1. The van der Waals surface area contributed by atoms with Gasteiger partial charge in [-0.2, -0.15) is 9.61 Å². The first-order valence-electron chi connectivity index (χ1n) is 7.08. The predicted octanol–water partition coefficient (Wildman–Crippen LogP) is 3.65. The second kappa shape index (κ2) is 5.00. The summed E-state index contributed by atoms with van der Waals surface area (Å²) in [5.41, 5.74) is 10.7. The topological polar surface area (TPSA) is 56.2 Å². The number of fused-ring (bicyclic) bond motifs is 1. The van der Waals surface area contributed by atoms with E-state index in [1.165, 1.54) is 0 Å². The van der Waals surface area contributed by atoms with E-state index in [9.17, 15) is 0 Å². The summed E-state index contributed by atoms with van der Waals surface area (Å²) in [6.07, 6.45) is 0. The first-order valence-corrected chi connectivity index (χ1v) is 7.08. The third-order valence-corrected chi connectivity index (χ3v) is 3.59. The predicted molar refractivity (Wildman–Crippen MR) is 88.3 cm³/mol. The van der Waals surface area contributed by atoms with Gasteiger partial charge in [-0.3, -0.25) is 0 Å². The molecule has 4 rings (SSSR count). The van der Waals surface area contributed by atoms with Gasteiger partial charge in [0.1, 0.15) is 5.82 Å². The van der Waals surface area contributed by atoms with Gasteiger partial charge in [-0.15, -0.1) is 0 Å². The summed E-state index contributed by atoms with van der Waals surface area (Å²) in [5, 5.41) is 4.55. The summed E-state index contributed by atoms with van der Waals surface area (Å²) >= 11 is 0. The van der Waals surface area contributed by atoms with E-state index in [1.807, 2.05) is 72.8 Å². The Kier molecular flexibility index (Phi) is 2.86. The lowest BCUT2D eigenvalue weighted by Gasteiger charge is -2.04. The number of nitrogens with zero attached hydrogens (tertiary/aromatic N) is 3. The van der Waals surface area contributed by atoms with E-state index in [4.69, 9.17) is 5.73 Å². The highest BCUT2D eigenvalue weighted by atomic mass is 15.3. The molecule has 22 heavy (non-hydrogen) atoms. The molecule has 2 heterocycles. The molecule has 0 unspecified atom stereocenters. The number of nitrogen functional groups attached to an aromatic ring is 1. The van der Waals surface area contributed by atoms with E-state index in [2.05, 4.69) is 10.1 Å². The van der Waals surface area contributed by atoms with Crippen LogP contribution in [0, 0.1) is 0 Å². The minimum Gasteiger partial charge on any atom is -0.384 e. The molecule has 4 heteroatoms. The van der Waals surface area contributed by atoms with Crippen molar-refractivity contribution in [3.05, 3.63) is 72.8 Å². The van der Waals surface area contributed by atoms with Gasteiger partial charge in [0, 0.05) is 23.3 Å². The summed E-state index contributed by atoms with van der Waals surface area (Å²) in [7, 11) is 0. The zero-order chi connectivity index (χ0) is 14.9. The maximum Gasteiger partial charge on any atom is 0.158 e. The Hall–Kier alpha value is -3.14. The minimum absolute atomic E-state index is 0.575. The lowest BCUT2D eigenvalue weighted by Crippen LogP contribution is -2.01. The van der Waals surface area contributed by atoms with E-state index >= 15 is 0 Å². The van der Waals surface area contributed by atoms with Crippen LogP contribution in [0.1, 0.15) is 0 Å². The van der Waals surface area contributed by atoms with Crippen molar-refractivity contribution in [3.8, 4) is 22.5 Å². The molecule has 4 aromatic rings. The lowest BCUT2D eigenvalue weighted by molar-refractivity contribution is 0.957. The molecule has 2 N–H and O–H groups in total. The molecule has 0 radical (unpaired) electrons. The molecule has 2 aromatic heterocycles. The third-order valence-electron chi connectivity index (χ3n) is 3.59. The number of anilines is 1. The Bertz CT molecular complexity index is 927. The number of aromatic nitrogens is 3. The van der Waals surface area contributed by atoms with Crippen molar-refractivity contribution in [1.29, 1.82) is 0 Å². The van der Waals surface area contributed by atoms with Crippen LogP contribution in [-0.4, -0.2) is 14.6 Å². The fourth-order valence-corrected chi connectivity index (χ4v) is 2.50. The molecule has 2 aromatic carbocycles. The van der Waals surface area contributed by atoms with Gasteiger partial charge >= 0.3 is 0 Å². The summed E-state index contributed by atoms with van der Waals surface area (Å²) in [5.74, 6) is 0.575. The van der Waals surface area contributed by atoms with Gasteiger partial charge in [0.05, 0.1) is 11.4 Å². The summed E-state index contributed by atoms with van der Waals surface area (Å²) in [4.78, 5) is 4.67. The first kappa shape index (κ1) is 12.6. The molecular formula is C18H14N4. The van der Waals surface area contributed by atoms with E-state index in [0.717, 1.165) is 28.2 Å². The highest BCUT2D eigenvalue weighted by Gasteiger charge is 2.10. The summed E-state index contributed by atoms with van der Waals surface area (Å²) in [6.45, 7) is 0. The average Bonchev–Trinajstić information content (AvgIpc) is 3.01. The molecule has 0 amide bonds. The maximum atomic E-state index is 6.15. The maximum absolute atomic E-state index is 6.15. The van der Waals surface area contributed by atoms with Crippen molar-refractivity contribution in [2.24, 2.45) is 0 Å². The highest BCUT2D eigenvalue weighted by Crippen LogP contribution is 2.24. The fourth-order valence-electron chi connectivity index (χ4n) is 2.50. The molecule has 0 atom stereocenters. The van der Waals surface area contributed by atoms with Crippen LogP contribution >= 0.6 is 0 Å². The molecule has 4 nitrogen and oxygen atoms in total. The highest BCUT2D eigenvalue weighted by molar-refractivity contribution is 5.69. The monoisotopic (exact) mass is 286 g/mol. The molecule has 0 saturated heterocycles. The zero-order valence-corrected chi connectivity index (χ0v) is 11.8. The largest absolute Gasteiger partial charge is 0.384 e. The summed E-state index contributed by atoms with van der Waals surface area (Å²) < 4.78 is 1.68. The molecule has 0 fully saturated rings. The Morgan fingerprint density at radius 1 is 0.727 bits per heavy atom. The molecule has 0 bridgehead atoms. The van der Waals surface area contributed by atoms with Crippen molar-refractivity contribution in [1.82, 2.24) is 14.6 Å². The van der Waals surface area contributed by atoms with Crippen molar-refractivity contribution in [2.75, 3.05) is 5.73 Å². The van der Waals surface area contributed by atoms with Crippen LogP contribution in [0.5, 0.6) is 0 Å². The van der Waals surface area contributed by atoms with Gasteiger partial charge in [0.25, 0.3) is 0 Å². The van der Waals surface area contributed by atoms with Gasteiger partial charge in [-0.25, -0.2) is 4.98 Å². The van der Waals surface area contributed by atoms with E-state index in [1.54, 1.807) is 4.52 Å². The van der Waals surface area contributed by atoms with E-state index in [-0.39, 0.29) is 0 Å². The van der Waals surface area contributed by atoms with E-state index < -0.39 is 0 Å². The van der Waals surface area contributed by atoms with Gasteiger partial charge in [-0.05, 0) is 0 Å². The second-order valence-corrected chi connectivity index (χ2v) is 5.10. The van der Waals surface area contributed by atoms with Gasteiger partial charge in [0.15, 0.2) is 5.65 Å². The first-order chi connectivity index (χ1) is 10.8. The Balaban J connectivity index is 1.88. The molecule has 106 valence electrons. The molecule has 0 spiro atoms. The average molecular weight is 286 g/mol. The fraction of sp³-hybridized carbons (Fsp3) is 0. The van der Waals surface area contributed by atoms with Crippen LogP contribution in [0.3, 0.4) is 0 Å². The summed E-state index contributed by atoms with van der Waals surface area (Å²) in [6, 6.07) is 23.8. The third kappa shape index (κ3) is 2.11. The number of rotatable bonds is 2. The number of benzene rings is 2. The van der Waals surface area contributed by atoms with Gasteiger partial charge in [-0.1, -0.05) is 60.7 Å². The van der Waals surface area contributed by atoms with E-state index in [0.29, 0.717) is 5.82 Å². The molecule has 0 aliphatic heterocycles. The molecular weight excluding hydrogens is 272 g/mol. The van der Waals surface area contributed by atoms with Crippen LogP contribution in [0.15, 0.2) is 72.8 Å². The van der Waals surface area contributed by atoms with Gasteiger partial charge < -0.3 is 5.73 Å². The van der Waals surface area contributed by atoms with Crippen LogP contribution in [0.4, 0.5) is 5.82 Å². The standard InChI is InChI=1S/C18H14N4/c19-17-11-15(13-7-3-1-4-8-13)20-18-12-16(21-22(17)18)14-9-5-2-6-10-14/h1-12H,19H2. The van der Waals surface area contributed by atoms with Gasteiger partial charge in [0.2, 0.25) is 0 Å². The molecule has 0 saturated carbocycles. The van der Waals surface area contributed by atoms with Crippen molar-refractivity contribution >= 4 is 11.5 Å².